The van der Waals surface area contributed by atoms with E-state index in [1.807, 2.05) is 0 Å². The molecule has 1 aromatic heterocycles. The fourth-order valence-electron chi connectivity index (χ4n) is 3.31. The summed E-state index contributed by atoms with van der Waals surface area (Å²) >= 11 is 1.76. The maximum absolute atomic E-state index is 12.0. The van der Waals surface area contributed by atoms with Gasteiger partial charge in [0.2, 0.25) is 5.91 Å². The van der Waals surface area contributed by atoms with E-state index in [4.69, 9.17) is 0 Å². The van der Waals surface area contributed by atoms with Crippen molar-refractivity contribution in [3.63, 3.8) is 0 Å². The van der Waals surface area contributed by atoms with Gasteiger partial charge in [0, 0.05) is 50.3 Å². The Labute approximate surface area is 200 Å². The van der Waals surface area contributed by atoms with Gasteiger partial charge >= 0.3 is 0 Å². The zero-order chi connectivity index (χ0) is 20.5. The summed E-state index contributed by atoms with van der Waals surface area (Å²) in [6, 6.07) is 15.1. The summed E-state index contributed by atoms with van der Waals surface area (Å²) in [4.78, 5) is 21.8. The lowest BCUT2D eigenvalue weighted by atomic mass is 10.0. The highest BCUT2D eigenvalue weighted by Gasteiger charge is 2.20. The number of halogens is 1. The lowest BCUT2D eigenvalue weighted by molar-refractivity contribution is -0.127. The molecule has 0 spiro atoms. The van der Waals surface area contributed by atoms with Crippen LogP contribution < -0.4 is 15.5 Å². The van der Waals surface area contributed by atoms with Crippen molar-refractivity contribution in [1.82, 2.24) is 15.5 Å². The molecule has 2 aromatic rings. The number of thiophene rings is 1. The van der Waals surface area contributed by atoms with Crippen molar-refractivity contribution < 1.29 is 4.79 Å². The summed E-state index contributed by atoms with van der Waals surface area (Å²) in [5.74, 6) is 0.734. The lowest BCUT2D eigenvalue weighted by Crippen LogP contribution is -2.49. The fraction of sp³-hybridized carbons (Fsp3) is 0.455. The van der Waals surface area contributed by atoms with E-state index in [2.05, 4.69) is 68.4 Å². The van der Waals surface area contributed by atoms with Gasteiger partial charge < -0.3 is 20.4 Å². The monoisotopic (exact) mass is 541 g/mol. The Morgan fingerprint density at radius 2 is 1.90 bits per heavy atom. The van der Waals surface area contributed by atoms with E-state index in [0.29, 0.717) is 6.04 Å². The maximum atomic E-state index is 12.0. The van der Waals surface area contributed by atoms with Gasteiger partial charge in [0.25, 0.3) is 0 Å². The standard InChI is InChI=1S/C22H31N5OS.HI/c1-26(2)21(28)17-24-22(23-13-10-20-9-6-16-29-20)25-18-11-14-27(15-12-18)19-7-4-3-5-8-19;/h3-9,16,18H,10-15,17H2,1-2H3,(H2,23,24,25);1H. The lowest BCUT2D eigenvalue weighted by Gasteiger charge is -2.34. The van der Waals surface area contributed by atoms with Crippen molar-refractivity contribution >= 4 is 52.9 Å². The van der Waals surface area contributed by atoms with Crippen molar-refractivity contribution in [2.24, 2.45) is 4.99 Å². The Balaban J connectivity index is 0.00000320. The molecule has 30 heavy (non-hydrogen) atoms. The number of anilines is 1. The molecule has 0 atom stereocenters. The minimum Gasteiger partial charge on any atom is -0.371 e. The molecule has 2 heterocycles. The van der Waals surface area contributed by atoms with Gasteiger partial charge in [0.1, 0.15) is 6.54 Å². The molecule has 3 rings (SSSR count). The van der Waals surface area contributed by atoms with Gasteiger partial charge in [-0.2, -0.15) is 0 Å². The molecular weight excluding hydrogens is 509 g/mol. The number of nitrogens with one attached hydrogen (secondary N) is 2. The molecule has 0 bridgehead atoms. The molecule has 1 saturated heterocycles. The first-order valence-corrected chi connectivity index (χ1v) is 11.1. The summed E-state index contributed by atoms with van der Waals surface area (Å²) in [7, 11) is 3.52. The quantitative estimate of drug-likeness (QED) is 0.321. The molecule has 0 saturated carbocycles. The predicted molar refractivity (Wildman–Crippen MR) is 137 cm³/mol. The number of amides is 1. The number of carbonyl (C=O) groups is 1. The van der Waals surface area contributed by atoms with Crippen molar-refractivity contribution in [2.75, 3.05) is 45.2 Å². The van der Waals surface area contributed by atoms with E-state index in [-0.39, 0.29) is 36.4 Å². The van der Waals surface area contributed by atoms with Gasteiger partial charge in [-0.15, -0.1) is 35.3 Å². The normalized spacial score (nSPS) is 14.7. The zero-order valence-corrected chi connectivity index (χ0v) is 20.9. The number of benzene rings is 1. The molecule has 1 aromatic carbocycles. The van der Waals surface area contributed by atoms with Crippen LogP contribution in [0.15, 0.2) is 52.8 Å². The van der Waals surface area contributed by atoms with Crippen LogP contribution in [-0.4, -0.2) is 63.1 Å². The zero-order valence-electron chi connectivity index (χ0n) is 17.7. The van der Waals surface area contributed by atoms with Crippen LogP contribution in [0.25, 0.3) is 0 Å². The van der Waals surface area contributed by atoms with Gasteiger partial charge in [0.05, 0.1) is 0 Å². The topological polar surface area (TPSA) is 60.0 Å². The Kier molecular flexibility index (Phi) is 10.4. The first-order chi connectivity index (χ1) is 14.1. The molecule has 0 aliphatic carbocycles. The van der Waals surface area contributed by atoms with Crippen LogP contribution in [-0.2, 0) is 11.2 Å². The average molecular weight is 542 g/mol. The van der Waals surface area contributed by atoms with Crippen molar-refractivity contribution in [3.05, 3.63) is 52.7 Å². The minimum atomic E-state index is 0. The number of carbonyl (C=O) groups excluding carboxylic acids is 1. The number of nitrogens with zero attached hydrogens (tertiary/aromatic N) is 3. The number of rotatable bonds is 7. The Morgan fingerprint density at radius 3 is 2.53 bits per heavy atom. The summed E-state index contributed by atoms with van der Waals surface area (Å²) in [5, 5.41) is 9.05. The van der Waals surface area contributed by atoms with Crippen LogP contribution in [0.2, 0.25) is 0 Å². The number of likely N-dealkylation sites (N-methyl/N-ethyl adjacent to an activating group) is 1. The van der Waals surface area contributed by atoms with Crippen LogP contribution in [0.4, 0.5) is 5.69 Å². The summed E-state index contributed by atoms with van der Waals surface area (Å²) in [5.41, 5.74) is 1.28. The SMILES string of the molecule is CN(C)C(=O)CN=C(NCCc1cccs1)NC1CCN(c2ccccc2)CC1.I. The first kappa shape index (κ1) is 24.5. The third-order valence-corrected chi connectivity index (χ3v) is 6.01. The number of hydrogen-bond acceptors (Lipinski definition) is 4. The molecule has 6 nitrogen and oxygen atoms in total. The molecule has 1 fully saturated rings. The van der Waals surface area contributed by atoms with Crippen molar-refractivity contribution in [2.45, 2.75) is 25.3 Å². The van der Waals surface area contributed by atoms with Gasteiger partial charge in [-0.05, 0) is 42.8 Å². The average Bonchev–Trinajstić information content (AvgIpc) is 3.26. The third kappa shape index (κ3) is 7.79. The van der Waals surface area contributed by atoms with E-state index in [9.17, 15) is 4.79 Å². The second-order valence-electron chi connectivity index (χ2n) is 7.45. The number of hydrogen-bond donors (Lipinski definition) is 2. The van der Waals surface area contributed by atoms with Gasteiger partial charge in [-0.3, -0.25) is 4.79 Å². The van der Waals surface area contributed by atoms with Gasteiger partial charge in [0.15, 0.2) is 5.96 Å². The van der Waals surface area contributed by atoms with Crippen molar-refractivity contribution in [1.29, 1.82) is 0 Å². The number of piperidine rings is 1. The third-order valence-electron chi connectivity index (χ3n) is 5.07. The maximum Gasteiger partial charge on any atom is 0.243 e. The highest BCUT2D eigenvalue weighted by molar-refractivity contribution is 14.0. The van der Waals surface area contributed by atoms with Gasteiger partial charge in [-0.1, -0.05) is 24.3 Å². The highest BCUT2D eigenvalue weighted by atomic mass is 127. The molecule has 164 valence electrons. The molecular formula is C22H32IN5OS. The van der Waals surface area contributed by atoms with E-state index >= 15 is 0 Å². The Bertz CT molecular complexity index is 774. The molecule has 1 amide bonds. The smallest absolute Gasteiger partial charge is 0.243 e. The van der Waals surface area contributed by atoms with Crippen LogP contribution in [0.5, 0.6) is 0 Å². The van der Waals surface area contributed by atoms with E-state index in [1.165, 1.54) is 10.6 Å². The number of aliphatic imine (C=N–C) groups is 1. The highest BCUT2D eigenvalue weighted by Crippen LogP contribution is 2.19. The van der Waals surface area contributed by atoms with E-state index in [1.54, 1.807) is 30.3 Å². The first-order valence-electron chi connectivity index (χ1n) is 10.2. The van der Waals surface area contributed by atoms with Crippen LogP contribution in [0.1, 0.15) is 17.7 Å². The van der Waals surface area contributed by atoms with Crippen LogP contribution >= 0.6 is 35.3 Å². The molecule has 0 radical (unpaired) electrons. The summed E-state index contributed by atoms with van der Waals surface area (Å²) in [6.07, 6.45) is 3.04. The molecule has 8 heteroatoms. The number of para-hydroxylation sites is 1. The summed E-state index contributed by atoms with van der Waals surface area (Å²) < 4.78 is 0. The number of guanidine groups is 1. The Morgan fingerprint density at radius 1 is 1.17 bits per heavy atom. The Hall–Kier alpha value is -1.81. The minimum absolute atomic E-state index is 0. The molecule has 1 aliphatic heterocycles. The van der Waals surface area contributed by atoms with Crippen molar-refractivity contribution in [3.8, 4) is 0 Å². The second-order valence-corrected chi connectivity index (χ2v) is 8.48. The van der Waals surface area contributed by atoms with Gasteiger partial charge in [-0.25, -0.2) is 4.99 Å². The second kappa shape index (κ2) is 12.8. The van der Waals surface area contributed by atoms with Crippen LogP contribution in [0.3, 0.4) is 0 Å². The summed E-state index contributed by atoms with van der Waals surface area (Å²) in [6.45, 7) is 2.98. The predicted octanol–water partition coefficient (Wildman–Crippen LogP) is 3.20. The van der Waals surface area contributed by atoms with Crippen LogP contribution in [0, 0.1) is 0 Å². The molecule has 0 unspecified atom stereocenters. The molecule has 2 N–H and O–H groups in total. The van der Waals surface area contributed by atoms with E-state index < -0.39 is 0 Å². The molecule has 1 aliphatic rings. The van der Waals surface area contributed by atoms with E-state index in [0.717, 1.165) is 44.9 Å². The fourth-order valence-corrected chi connectivity index (χ4v) is 4.02. The largest absolute Gasteiger partial charge is 0.371 e.